The molecule has 3 nitrogen and oxygen atoms in total. The standard InChI is InChI=1S/C16H15ClN2O/c1-12-5-6-15(17)16(9-12)19-11-13-3-2-4-14(10-13)20-8-7-18/h2-6,9-10,19H,8,11H2,1H3. The van der Waals surface area contributed by atoms with Gasteiger partial charge in [0.15, 0.2) is 6.61 Å². The van der Waals surface area contributed by atoms with Gasteiger partial charge in [-0.3, -0.25) is 0 Å². The van der Waals surface area contributed by atoms with Crippen molar-refractivity contribution in [2.75, 3.05) is 11.9 Å². The summed E-state index contributed by atoms with van der Waals surface area (Å²) >= 11 is 6.14. The summed E-state index contributed by atoms with van der Waals surface area (Å²) in [5.74, 6) is 0.696. The first-order chi connectivity index (χ1) is 9.69. The Balaban J connectivity index is 2.03. The quantitative estimate of drug-likeness (QED) is 0.897. The van der Waals surface area contributed by atoms with Crippen LogP contribution >= 0.6 is 11.6 Å². The molecule has 2 rings (SSSR count). The molecule has 0 spiro atoms. The SMILES string of the molecule is Cc1ccc(Cl)c(NCc2cccc(OCC#N)c2)c1. The van der Waals surface area contributed by atoms with E-state index in [-0.39, 0.29) is 6.61 Å². The lowest BCUT2D eigenvalue weighted by Gasteiger charge is -2.10. The maximum Gasteiger partial charge on any atom is 0.174 e. The third-order valence-electron chi connectivity index (χ3n) is 2.81. The molecule has 0 unspecified atom stereocenters. The Bertz CT molecular complexity index is 635. The van der Waals surface area contributed by atoms with E-state index >= 15 is 0 Å². The Morgan fingerprint density at radius 1 is 1.25 bits per heavy atom. The normalized spacial score (nSPS) is 9.85. The lowest BCUT2D eigenvalue weighted by atomic mass is 10.2. The summed E-state index contributed by atoms with van der Waals surface area (Å²) in [4.78, 5) is 0. The van der Waals surface area contributed by atoms with Crippen LogP contribution in [-0.4, -0.2) is 6.61 Å². The van der Waals surface area contributed by atoms with Crippen molar-refractivity contribution < 1.29 is 4.74 Å². The van der Waals surface area contributed by atoms with Gasteiger partial charge in [-0.15, -0.1) is 0 Å². The molecule has 1 N–H and O–H groups in total. The van der Waals surface area contributed by atoms with Crippen LogP contribution in [0.25, 0.3) is 0 Å². The van der Waals surface area contributed by atoms with Crippen LogP contribution in [-0.2, 0) is 6.54 Å². The minimum absolute atomic E-state index is 0.0561. The van der Waals surface area contributed by atoms with Gasteiger partial charge in [0.1, 0.15) is 11.8 Å². The monoisotopic (exact) mass is 286 g/mol. The van der Waals surface area contributed by atoms with Crippen LogP contribution in [0.3, 0.4) is 0 Å². The second-order valence-corrected chi connectivity index (χ2v) is 4.84. The minimum atomic E-state index is 0.0561. The fourth-order valence-electron chi connectivity index (χ4n) is 1.83. The Morgan fingerprint density at radius 2 is 2.10 bits per heavy atom. The molecule has 0 aliphatic carbocycles. The Hall–Kier alpha value is -2.18. The van der Waals surface area contributed by atoms with Crippen molar-refractivity contribution in [2.45, 2.75) is 13.5 Å². The molecule has 0 bridgehead atoms. The average Bonchev–Trinajstić information content (AvgIpc) is 2.46. The van der Waals surface area contributed by atoms with Gasteiger partial charge in [-0.05, 0) is 42.3 Å². The third kappa shape index (κ3) is 3.91. The number of aryl methyl sites for hydroxylation is 1. The lowest BCUT2D eigenvalue weighted by Crippen LogP contribution is -2.01. The van der Waals surface area contributed by atoms with Crippen LogP contribution in [0.2, 0.25) is 5.02 Å². The smallest absolute Gasteiger partial charge is 0.174 e. The number of hydrogen-bond donors (Lipinski definition) is 1. The molecule has 0 aromatic heterocycles. The highest BCUT2D eigenvalue weighted by molar-refractivity contribution is 6.33. The van der Waals surface area contributed by atoms with Gasteiger partial charge in [0.25, 0.3) is 0 Å². The van der Waals surface area contributed by atoms with Crippen LogP contribution < -0.4 is 10.1 Å². The zero-order valence-corrected chi connectivity index (χ0v) is 11.9. The number of anilines is 1. The fourth-order valence-corrected chi connectivity index (χ4v) is 2.02. The highest BCUT2D eigenvalue weighted by Crippen LogP contribution is 2.23. The van der Waals surface area contributed by atoms with E-state index in [9.17, 15) is 0 Å². The van der Waals surface area contributed by atoms with Crippen molar-refractivity contribution in [3.05, 3.63) is 58.6 Å². The van der Waals surface area contributed by atoms with Gasteiger partial charge in [0.05, 0.1) is 10.7 Å². The van der Waals surface area contributed by atoms with E-state index in [0.717, 1.165) is 16.8 Å². The maximum atomic E-state index is 8.50. The third-order valence-corrected chi connectivity index (χ3v) is 3.14. The molecule has 4 heteroatoms. The summed E-state index contributed by atoms with van der Waals surface area (Å²) in [6.45, 7) is 2.73. The number of nitrogens with zero attached hydrogens (tertiary/aromatic N) is 1. The Labute approximate surface area is 123 Å². The zero-order valence-electron chi connectivity index (χ0n) is 11.2. The Kier molecular flexibility index (Phi) is 4.86. The molecule has 0 saturated carbocycles. The van der Waals surface area contributed by atoms with Gasteiger partial charge in [0.2, 0.25) is 0 Å². The minimum Gasteiger partial charge on any atom is -0.479 e. The molecule has 20 heavy (non-hydrogen) atoms. The molecule has 0 aliphatic heterocycles. The largest absolute Gasteiger partial charge is 0.479 e. The van der Waals surface area contributed by atoms with E-state index in [0.29, 0.717) is 17.3 Å². The summed E-state index contributed by atoms with van der Waals surface area (Å²) in [6.07, 6.45) is 0. The molecular weight excluding hydrogens is 272 g/mol. The maximum absolute atomic E-state index is 8.50. The molecule has 0 aliphatic rings. The van der Waals surface area contributed by atoms with Crippen molar-refractivity contribution in [2.24, 2.45) is 0 Å². The summed E-state index contributed by atoms with van der Waals surface area (Å²) in [5.41, 5.74) is 3.14. The molecule has 0 heterocycles. The number of nitriles is 1. The van der Waals surface area contributed by atoms with Crippen LogP contribution in [0.1, 0.15) is 11.1 Å². The van der Waals surface area contributed by atoms with Crippen LogP contribution in [0.5, 0.6) is 5.75 Å². The first kappa shape index (κ1) is 14.2. The van der Waals surface area contributed by atoms with E-state index in [4.69, 9.17) is 21.6 Å². The summed E-state index contributed by atoms with van der Waals surface area (Å²) in [6, 6.07) is 15.5. The molecule has 0 amide bonds. The number of rotatable bonds is 5. The van der Waals surface area contributed by atoms with E-state index in [1.54, 1.807) is 0 Å². The zero-order chi connectivity index (χ0) is 14.4. The lowest BCUT2D eigenvalue weighted by molar-refractivity contribution is 0.368. The number of halogens is 1. The van der Waals surface area contributed by atoms with Crippen molar-refractivity contribution in [1.29, 1.82) is 5.26 Å². The highest BCUT2D eigenvalue weighted by atomic mass is 35.5. The number of hydrogen-bond acceptors (Lipinski definition) is 3. The molecular formula is C16H15ClN2O. The van der Waals surface area contributed by atoms with Gasteiger partial charge in [0, 0.05) is 6.54 Å². The van der Waals surface area contributed by atoms with Gasteiger partial charge in [-0.2, -0.15) is 5.26 Å². The number of nitrogens with one attached hydrogen (secondary N) is 1. The van der Waals surface area contributed by atoms with Crippen LogP contribution in [0.15, 0.2) is 42.5 Å². The topological polar surface area (TPSA) is 45.0 Å². The van der Waals surface area contributed by atoms with Crippen molar-refractivity contribution in [3.8, 4) is 11.8 Å². The van der Waals surface area contributed by atoms with Gasteiger partial charge in [-0.1, -0.05) is 29.8 Å². The number of benzene rings is 2. The molecule has 102 valence electrons. The summed E-state index contributed by atoms with van der Waals surface area (Å²) < 4.78 is 5.28. The van der Waals surface area contributed by atoms with Crippen LogP contribution in [0.4, 0.5) is 5.69 Å². The molecule has 2 aromatic rings. The first-order valence-electron chi connectivity index (χ1n) is 6.28. The average molecular weight is 287 g/mol. The highest BCUT2D eigenvalue weighted by Gasteiger charge is 2.01. The second-order valence-electron chi connectivity index (χ2n) is 4.43. The van der Waals surface area contributed by atoms with Crippen LogP contribution in [0, 0.1) is 18.3 Å². The van der Waals surface area contributed by atoms with Crippen molar-refractivity contribution in [3.63, 3.8) is 0 Å². The second kappa shape index (κ2) is 6.83. The van der Waals surface area contributed by atoms with E-state index in [2.05, 4.69) is 5.32 Å². The van der Waals surface area contributed by atoms with Gasteiger partial charge >= 0.3 is 0 Å². The molecule has 0 atom stereocenters. The number of ether oxygens (including phenoxy) is 1. The fraction of sp³-hybridized carbons (Fsp3) is 0.188. The van der Waals surface area contributed by atoms with Gasteiger partial charge < -0.3 is 10.1 Å². The van der Waals surface area contributed by atoms with E-state index in [1.807, 2.05) is 55.5 Å². The molecule has 0 radical (unpaired) electrons. The van der Waals surface area contributed by atoms with Gasteiger partial charge in [-0.25, -0.2) is 0 Å². The predicted octanol–water partition coefficient (Wildman–Crippen LogP) is 4.16. The summed E-state index contributed by atoms with van der Waals surface area (Å²) in [5, 5.41) is 12.5. The predicted molar refractivity (Wildman–Crippen MR) is 81.1 cm³/mol. The molecule has 0 saturated heterocycles. The molecule has 2 aromatic carbocycles. The van der Waals surface area contributed by atoms with Crippen molar-refractivity contribution in [1.82, 2.24) is 0 Å². The molecule has 0 fully saturated rings. The Morgan fingerprint density at radius 3 is 2.90 bits per heavy atom. The van der Waals surface area contributed by atoms with Crippen molar-refractivity contribution >= 4 is 17.3 Å². The van der Waals surface area contributed by atoms with E-state index < -0.39 is 0 Å². The first-order valence-corrected chi connectivity index (χ1v) is 6.65. The summed E-state index contributed by atoms with van der Waals surface area (Å²) in [7, 11) is 0. The van der Waals surface area contributed by atoms with E-state index in [1.165, 1.54) is 0 Å².